The summed E-state index contributed by atoms with van der Waals surface area (Å²) in [6, 6.07) is 14.3. The molecule has 3 aromatic rings. The molecule has 1 aliphatic rings. The molecule has 6 heteroatoms. The van der Waals surface area contributed by atoms with Gasteiger partial charge in [-0.2, -0.15) is 5.10 Å². The van der Waals surface area contributed by atoms with E-state index >= 15 is 0 Å². The minimum Gasteiger partial charge on any atom is -0.379 e. The predicted molar refractivity (Wildman–Crippen MR) is 115 cm³/mol. The fourth-order valence-electron chi connectivity index (χ4n) is 3.64. The van der Waals surface area contributed by atoms with Crippen LogP contribution in [0.15, 0.2) is 61.1 Å². The molecule has 0 aliphatic carbocycles. The smallest absolute Gasteiger partial charge is 0.0973 e. The van der Waals surface area contributed by atoms with Crippen LogP contribution in [0.3, 0.4) is 0 Å². The molecular formula is C23H29N5O. The van der Waals surface area contributed by atoms with Crippen LogP contribution in [0.25, 0.3) is 16.9 Å². The Morgan fingerprint density at radius 2 is 1.76 bits per heavy atom. The second-order valence-corrected chi connectivity index (χ2v) is 7.36. The molecule has 3 heterocycles. The summed E-state index contributed by atoms with van der Waals surface area (Å²) in [4.78, 5) is 6.63. The molecule has 29 heavy (non-hydrogen) atoms. The van der Waals surface area contributed by atoms with Crippen molar-refractivity contribution in [3.8, 4) is 16.9 Å². The summed E-state index contributed by atoms with van der Waals surface area (Å²) in [6.45, 7) is 6.88. The van der Waals surface area contributed by atoms with E-state index in [2.05, 4.69) is 33.5 Å². The van der Waals surface area contributed by atoms with Gasteiger partial charge in [-0.25, -0.2) is 4.68 Å². The zero-order chi connectivity index (χ0) is 19.7. The Balaban J connectivity index is 1.35. The van der Waals surface area contributed by atoms with Gasteiger partial charge in [-0.15, -0.1) is 0 Å². The maximum Gasteiger partial charge on any atom is 0.0973 e. The largest absolute Gasteiger partial charge is 0.379 e. The number of morpholine rings is 1. The maximum atomic E-state index is 5.41. The lowest BCUT2D eigenvalue weighted by Gasteiger charge is -2.26. The first-order chi connectivity index (χ1) is 14.4. The number of unbranched alkanes of at least 4 members (excludes halogenated alkanes) is 1. The summed E-state index contributed by atoms with van der Waals surface area (Å²) >= 11 is 0. The second-order valence-electron chi connectivity index (χ2n) is 7.36. The number of hydrogen-bond acceptors (Lipinski definition) is 5. The summed E-state index contributed by atoms with van der Waals surface area (Å²) < 4.78 is 7.37. The molecule has 0 atom stereocenters. The van der Waals surface area contributed by atoms with Crippen molar-refractivity contribution >= 4 is 0 Å². The lowest BCUT2D eigenvalue weighted by atomic mass is 10.1. The van der Waals surface area contributed by atoms with Gasteiger partial charge in [-0.05, 0) is 50.2 Å². The highest BCUT2D eigenvalue weighted by atomic mass is 16.5. The van der Waals surface area contributed by atoms with Crippen LogP contribution < -0.4 is 5.32 Å². The van der Waals surface area contributed by atoms with Gasteiger partial charge >= 0.3 is 0 Å². The topological polar surface area (TPSA) is 55.2 Å². The maximum absolute atomic E-state index is 5.41. The highest BCUT2D eigenvalue weighted by molar-refractivity contribution is 5.62. The summed E-state index contributed by atoms with van der Waals surface area (Å²) in [6.07, 6.45) is 8.16. The van der Waals surface area contributed by atoms with Crippen LogP contribution in [0.5, 0.6) is 0 Å². The SMILES string of the molecule is c1ccc(-n2cc(CNCCCCN3CCOCC3)c(-c3ccncc3)n2)cc1. The molecule has 1 fully saturated rings. The van der Waals surface area contributed by atoms with Crippen LogP contribution >= 0.6 is 0 Å². The Hall–Kier alpha value is -2.54. The zero-order valence-electron chi connectivity index (χ0n) is 16.8. The van der Waals surface area contributed by atoms with Crippen molar-refractivity contribution in [3.05, 3.63) is 66.6 Å². The molecule has 1 aliphatic heterocycles. The number of rotatable bonds is 9. The van der Waals surface area contributed by atoms with Crippen LogP contribution in [0, 0.1) is 0 Å². The van der Waals surface area contributed by atoms with Crippen molar-refractivity contribution < 1.29 is 4.74 Å². The van der Waals surface area contributed by atoms with Gasteiger partial charge in [0.2, 0.25) is 0 Å². The molecule has 152 valence electrons. The standard InChI is InChI=1S/C23H29N5O/c1-2-6-22(7-3-1)28-19-21(23(26-28)20-8-11-24-12-9-20)18-25-10-4-5-13-27-14-16-29-17-15-27/h1-3,6-9,11-12,19,25H,4-5,10,13-18H2. The summed E-state index contributed by atoms with van der Waals surface area (Å²) in [5.41, 5.74) is 4.38. The van der Waals surface area contributed by atoms with Gasteiger partial charge in [0.15, 0.2) is 0 Å². The van der Waals surface area contributed by atoms with E-state index in [0.29, 0.717) is 0 Å². The molecule has 1 aromatic carbocycles. The van der Waals surface area contributed by atoms with E-state index in [0.717, 1.165) is 56.3 Å². The van der Waals surface area contributed by atoms with Gasteiger partial charge in [0, 0.05) is 49.4 Å². The number of para-hydroxylation sites is 1. The van der Waals surface area contributed by atoms with Crippen LogP contribution in [0.4, 0.5) is 0 Å². The van der Waals surface area contributed by atoms with Crippen molar-refractivity contribution in [3.63, 3.8) is 0 Å². The lowest BCUT2D eigenvalue weighted by Crippen LogP contribution is -2.37. The average molecular weight is 392 g/mol. The minimum absolute atomic E-state index is 0.808. The van der Waals surface area contributed by atoms with E-state index < -0.39 is 0 Å². The number of hydrogen-bond donors (Lipinski definition) is 1. The van der Waals surface area contributed by atoms with Gasteiger partial charge in [-0.3, -0.25) is 9.88 Å². The number of nitrogens with one attached hydrogen (secondary N) is 1. The molecule has 6 nitrogen and oxygen atoms in total. The number of aromatic nitrogens is 3. The fraction of sp³-hybridized carbons (Fsp3) is 0.391. The third kappa shape index (κ3) is 5.50. The third-order valence-corrected chi connectivity index (χ3v) is 5.26. The molecule has 1 N–H and O–H groups in total. The molecule has 0 unspecified atom stereocenters. The Morgan fingerprint density at radius 3 is 2.55 bits per heavy atom. The highest BCUT2D eigenvalue weighted by Crippen LogP contribution is 2.23. The monoisotopic (exact) mass is 391 g/mol. The molecule has 0 radical (unpaired) electrons. The molecule has 0 bridgehead atoms. The summed E-state index contributed by atoms with van der Waals surface area (Å²) in [7, 11) is 0. The average Bonchev–Trinajstić information content (AvgIpc) is 3.22. The van der Waals surface area contributed by atoms with Gasteiger partial charge in [0.1, 0.15) is 0 Å². The third-order valence-electron chi connectivity index (χ3n) is 5.26. The van der Waals surface area contributed by atoms with E-state index in [1.165, 1.54) is 24.9 Å². The van der Waals surface area contributed by atoms with E-state index in [4.69, 9.17) is 9.84 Å². The van der Waals surface area contributed by atoms with Crippen molar-refractivity contribution in [2.24, 2.45) is 0 Å². The Bertz CT molecular complexity index is 859. The minimum atomic E-state index is 0.808. The van der Waals surface area contributed by atoms with Gasteiger partial charge in [0.05, 0.1) is 24.6 Å². The van der Waals surface area contributed by atoms with Crippen LogP contribution in [0.2, 0.25) is 0 Å². The molecule has 1 saturated heterocycles. The van der Waals surface area contributed by atoms with Crippen LogP contribution in [0.1, 0.15) is 18.4 Å². The first kappa shape index (κ1) is 19.8. The van der Waals surface area contributed by atoms with E-state index in [9.17, 15) is 0 Å². The van der Waals surface area contributed by atoms with Gasteiger partial charge < -0.3 is 10.1 Å². The lowest BCUT2D eigenvalue weighted by molar-refractivity contribution is 0.0372. The quantitative estimate of drug-likeness (QED) is 0.568. The van der Waals surface area contributed by atoms with Crippen molar-refractivity contribution in [2.45, 2.75) is 19.4 Å². The zero-order valence-corrected chi connectivity index (χ0v) is 16.8. The first-order valence-electron chi connectivity index (χ1n) is 10.5. The van der Waals surface area contributed by atoms with Crippen LogP contribution in [-0.2, 0) is 11.3 Å². The molecule has 0 spiro atoms. The Kier molecular flexibility index (Phi) is 7.02. The second kappa shape index (κ2) is 10.3. The summed E-state index contributed by atoms with van der Waals surface area (Å²) in [5.74, 6) is 0. The normalized spacial score (nSPS) is 14.9. The molecular weight excluding hydrogens is 362 g/mol. The predicted octanol–water partition coefficient (Wildman–Crippen LogP) is 3.14. The Labute approximate surface area is 172 Å². The molecule has 0 saturated carbocycles. The van der Waals surface area contributed by atoms with Crippen LogP contribution in [-0.4, -0.2) is 59.1 Å². The van der Waals surface area contributed by atoms with Crippen molar-refractivity contribution in [1.29, 1.82) is 0 Å². The number of ether oxygens (including phenoxy) is 1. The van der Waals surface area contributed by atoms with Gasteiger partial charge in [0.25, 0.3) is 0 Å². The van der Waals surface area contributed by atoms with Gasteiger partial charge in [-0.1, -0.05) is 18.2 Å². The molecule has 0 amide bonds. The Morgan fingerprint density at radius 1 is 0.966 bits per heavy atom. The molecule has 2 aromatic heterocycles. The van der Waals surface area contributed by atoms with E-state index in [1.807, 2.05) is 47.4 Å². The van der Waals surface area contributed by atoms with E-state index in [1.54, 1.807) is 0 Å². The van der Waals surface area contributed by atoms with Crippen molar-refractivity contribution in [2.75, 3.05) is 39.4 Å². The molecule has 4 rings (SSSR count). The van der Waals surface area contributed by atoms with Crippen molar-refractivity contribution in [1.82, 2.24) is 25.0 Å². The number of benzene rings is 1. The first-order valence-corrected chi connectivity index (χ1v) is 10.5. The number of nitrogens with zero attached hydrogens (tertiary/aromatic N) is 4. The summed E-state index contributed by atoms with van der Waals surface area (Å²) in [5, 5.41) is 8.46. The van der Waals surface area contributed by atoms with E-state index in [-0.39, 0.29) is 0 Å². The fourth-order valence-corrected chi connectivity index (χ4v) is 3.64. The highest BCUT2D eigenvalue weighted by Gasteiger charge is 2.12. The number of pyridine rings is 1.